The maximum Gasteiger partial charge on any atom is 0.326 e. The summed E-state index contributed by atoms with van der Waals surface area (Å²) in [6.45, 7) is 2.39. The first-order valence-electron chi connectivity index (χ1n) is 18.3. The Hall–Kier alpha value is -5.27. The van der Waals surface area contributed by atoms with Crippen molar-refractivity contribution in [3.63, 3.8) is 0 Å². The molecule has 2 fully saturated rings. The molecule has 0 aliphatic carbocycles. The van der Waals surface area contributed by atoms with Crippen LogP contribution in [0.15, 0.2) is 102 Å². The van der Waals surface area contributed by atoms with E-state index in [9.17, 15) is 19.5 Å². The second-order valence-electron chi connectivity index (χ2n) is 13.9. The molecule has 2 aliphatic rings. The molecule has 0 spiro atoms. The summed E-state index contributed by atoms with van der Waals surface area (Å²) in [5, 5.41) is 15.3. The quantitative estimate of drug-likeness (QED) is 0.0976. The van der Waals surface area contributed by atoms with E-state index in [1.807, 2.05) is 77.4 Å². The van der Waals surface area contributed by atoms with E-state index >= 15 is 0 Å². The molecule has 12 heteroatoms. The molecule has 0 radical (unpaired) electrons. The van der Waals surface area contributed by atoms with Gasteiger partial charge < -0.3 is 40.8 Å². The van der Waals surface area contributed by atoms with Crippen molar-refractivity contribution >= 4 is 39.9 Å². The average molecular weight is 719 g/mol. The molecule has 53 heavy (non-hydrogen) atoms. The highest BCUT2D eigenvalue weighted by Gasteiger charge is 2.34. The third kappa shape index (κ3) is 8.86. The monoisotopic (exact) mass is 718 g/mol. The Morgan fingerprint density at radius 3 is 2.25 bits per heavy atom. The number of hydrogen-bond donors (Lipinski definition) is 5. The lowest BCUT2D eigenvalue weighted by Crippen LogP contribution is -2.43. The van der Waals surface area contributed by atoms with Crippen molar-refractivity contribution in [3.8, 4) is 0 Å². The summed E-state index contributed by atoms with van der Waals surface area (Å²) in [5.41, 5.74) is 12.0. The number of nitrogen functional groups attached to an aromatic ring is 1. The SMILES string of the molecule is Nc1ccccc1NC(=O)CCCC(=O)Nc1ccc([C@@H]2O[C@H](CN3CCC(n4c(=O)[nH]c5ccccc54)CC3)C[C@H](c3ccc(CO)cc3)O2)cc1. The molecule has 276 valence electrons. The van der Waals surface area contributed by atoms with Gasteiger partial charge in [0.1, 0.15) is 0 Å². The minimum atomic E-state index is -0.625. The molecule has 2 saturated heterocycles. The molecule has 2 aliphatic heterocycles. The second kappa shape index (κ2) is 16.6. The second-order valence-corrected chi connectivity index (χ2v) is 13.9. The number of piperidine rings is 1. The Morgan fingerprint density at radius 2 is 1.51 bits per heavy atom. The van der Waals surface area contributed by atoms with Crippen LogP contribution in [0.2, 0.25) is 0 Å². The number of nitrogens with two attached hydrogens (primary N) is 1. The summed E-state index contributed by atoms with van der Waals surface area (Å²) in [4.78, 5) is 43.2. The predicted molar refractivity (Wildman–Crippen MR) is 204 cm³/mol. The van der Waals surface area contributed by atoms with Gasteiger partial charge in [-0.1, -0.05) is 60.7 Å². The Labute approximate surface area is 307 Å². The average Bonchev–Trinajstić information content (AvgIpc) is 3.52. The van der Waals surface area contributed by atoms with Crippen LogP contribution in [0.3, 0.4) is 0 Å². The first-order chi connectivity index (χ1) is 25.8. The van der Waals surface area contributed by atoms with Crippen molar-refractivity contribution in [1.29, 1.82) is 0 Å². The van der Waals surface area contributed by atoms with Crippen LogP contribution in [0.1, 0.15) is 73.7 Å². The van der Waals surface area contributed by atoms with Crippen molar-refractivity contribution in [3.05, 3.63) is 124 Å². The number of nitrogens with one attached hydrogen (secondary N) is 3. The number of anilines is 3. The normalized spacial score (nSPS) is 19.6. The Kier molecular flexibility index (Phi) is 11.3. The molecule has 3 heterocycles. The van der Waals surface area contributed by atoms with E-state index in [1.54, 1.807) is 24.3 Å². The molecule has 1 aromatic heterocycles. The standard InChI is InChI=1S/C41H46N6O6/c42-33-6-1-2-7-34(33)44-39(50)11-5-10-38(49)43-30-18-16-29(17-19-30)40-52-32(24-37(53-40)28-14-12-27(26-48)13-15-28)25-46-22-20-31(21-23-46)47-36-9-4-3-8-35(36)45-41(47)51/h1-4,6-9,12-19,31-32,37,40,48H,5,10-11,20-26,42H2,(H,43,49)(H,44,50)(H,45,51)/t32-,37+,40+/m0/s1. The number of aromatic amines is 1. The zero-order chi connectivity index (χ0) is 36.7. The van der Waals surface area contributed by atoms with Crippen molar-refractivity contribution in [2.45, 2.75) is 69.7 Å². The Bertz CT molecular complexity index is 2070. The Balaban J connectivity index is 0.956. The highest BCUT2D eigenvalue weighted by atomic mass is 16.7. The molecule has 0 saturated carbocycles. The van der Waals surface area contributed by atoms with Crippen LogP contribution in [0.25, 0.3) is 11.0 Å². The van der Waals surface area contributed by atoms with Crippen LogP contribution in [-0.2, 0) is 25.7 Å². The number of para-hydroxylation sites is 4. The van der Waals surface area contributed by atoms with Gasteiger partial charge in [-0.3, -0.25) is 14.2 Å². The molecule has 7 rings (SSSR count). The van der Waals surface area contributed by atoms with Gasteiger partial charge in [-0.05, 0) is 66.8 Å². The zero-order valence-electron chi connectivity index (χ0n) is 29.6. The largest absolute Gasteiger partial charge is 0.397 e. The van der Waals surface area contributed by atoms with E-state index in [2.05, 4.69) is 20.5 Å². The lowest BCUT2D eigenvalue weighted by molar-refractivity contribution is -0.253. The molecule has 4 aromatic carbocycles. The lowest BCUT2D eigenvalue weighted by Gasteiger charge is -2.40. The van der Waals surface area contributed by atoms with Crippen LogP contribution in [0, 0.1) is 0 Å². The molecule has 2 amide bonds. The molecular formula is C41H46N6O6. The topological polar surface area (TPSA) is 164 Å². The highest BCUT2D eigenvalue weighted by molar-refractivity contribution is 5.94. The van der Waals surface area contributed by atoms with Gasteiger partial charge in [0.15, 0.2) is 6.29 Å². The number of H-pyrrole nitrogens is 1. The van der Waals surface area contributed by atoms with Crippen molar-refractivity contribution in [1.82, 2.24) is 14.5 Å². The van der Waals surface area contributed by atoms with Gasteiger partial charge in [0, 0.05) is 56.2 Å². The van der Waals surface area contributed by atoms with Gasteiger partial charge in [-0.25, -0.2) is 4.79 Å². The van der Waals surface area contributed by atoms with Gasteiger partial charge in [0.2, 0.25) is 11.8 Å². The van der Waals surface area contributed by atoms with E-state index < -0.39 is 6.29 Å². The van der Waals surface area contributed by atoms with Crippen molar-refractivity contribution in [2.24, 2.45) is 0 Å². The summed E-state index contributed by atoms with van der Waals surface area (Å²) in [6.07, 6.45) is 2.23. The van der Waals surface area contributed by atoms with E-state index in [-0.39, 0.29) is 55.2 Å². The van der Waals surface area contributed by atoms with Gasteiger partial charge in [-0.2, -0.15) is 0 Å². The summed E-state index contributed by atoms with van der Waals surface area (Å²) >= 11 is 0. The van der Waals surface area contributed by atoms with Crippen LogP contribution in [-0.4, -0.2) is 57.1 Å². The molecule has 3 atom stereocenters. The summed E-state index contributed by atoms with van der Waals surface area (Å²) in [5.74, 6) is -0.375. The van der Waals surface area contributed by atoms with Crippen molar-refractivity contribution < 1.29 is 24.2 Å². The van der Waals surface area contributed by atoms with E-state index in [0.29, 0.717) is 29.9 Å². The number of ether oxygens (including phenoxy) is 2. The van der Waals surface area contributed by atoms with E-state index in [1.165, 1.54) is 0 Å². The number of carbonyl (C=O) groups excluding carboxylic acids is 2. The molecule has 0 bridgehead atoms. The first kappa shape index (κ1) is 36.1. The summed E-state index contributed by atoms with van der Waals surface area (Å²) < 4.78 is 15.0. The van der Waals surface area contributed by atoms with Crippen LogP contribution < -0.4 is 22.1 Å². The van der Waals surface area contributed by atoms with Crippen LogP contribution in [0.4, 0.5) is 17.1 Å². The molecule has 6 N–H and O–H groups in total. The number of imidazole rings is 1. The number of fused-ring (bicyclic) bond motifs is 1. The summed E-state index contributed by atoms with van der Waals surface area (Å²) in [6, 6.07) is 30.3. The number of aliphatic hydroxyl groups excluding tert-OH is 1. The summed E-state index contributed by atoms with van der Waals surface area (Å²) in [7, 11) is 0. The third-order valence-electron chi connectivity index (χ3n) is 10.1. The van der Waals surface area contributed by atoms with E-state index in [0.717, 1.165) is 60.2 Å². The third-order valence-corrected chi connectivity index (χ3v) is 10.1. The van der Waals surface area contributed by atoms with Gasteiger partial charge in [0.05, 0.1) is 41.2 Å². The predicted octanol–water partition coefficient (Wildman–Crippen LogP) is 6.03. The fraction of sp³-hybridized carbons (Fsp3) is 0.341. The van der Waals surface area contributed by atoms with Crippen LogP contribution >= 0.6 is 0 Å². The minimum absolute atomic E-state index is 0.0250. The number of amides is 2. The fourth-order valence-electron chi connectivity index (χ4n) is 7.30. The smallest absolute Gasteiger partial charge is 0.326 e. The first-order valence-corrected chi connectivity index (χ1v) is 18.3. The number of benzene rings is 4. The number of likely N-dealkylation sites (tertiary alicyclic amines) is 1. The van der Waals surface area contributed by atoms with Gasteiger partial charge in [-0.15, -0.1) is 0 Å². The fourth-order valence-corrected chi connectivity index (χ4v) is 7.30. The molecular weight excluding hydrogens is 672 g/mol. The zero-order valence-corrected chi connectivity index (χ0v) is 29.6. The lowest BCUT2D eigenvalue weighted by atomic mass is 9.98. The van der Waals surface area contributed by atoms with Crippen LogP contribution in [0.5, 0.6) is 0 Å². The number of hydrogen-bond acceptors (Lipinski definition) is 8. The molecule has 5 aromatic rings. The van der Waals surface area contributed by atoms with Gasteiger partial charge in [0.25, 0.3) is 0 Å². The maximum absolute atomic E-state index is 12.8. The van der Waals surface area contributed by atoms with E-state index in [4.69, 9.17) is 15.2 Å². The van der Waals surface area contributed by atoms with Gasteiger partial charge >= 0.3 is 5.69 Å². The number of carbonyl (C=O) groups is 2. The molecule has 0 unspecified atom stereocenters. The maximum atomic E-state index is 12.8. The molecule has 12 nitrogen and oxygen atoms in total. The Morgan fingerprint density at radius 1 is 0.830 bits per heavy atom. The number of aliphatic hydroxyl groups is 1. The van der Waals surface area contributed by atoms with Crippen molar-refractivity contribution in [2.75, 3.05) is 36.0 Å². The minimum Gasteiger partial charge on any atom is -0.397 e. The number of aromatic nitrogens is 2. The highest BCUT2D eigenvalue weighted by Crippen LogP contribution is 2.39. The number of nitrogens with zero attached hydrogens (tertiary/aromatic N) is 2. The number of rotatable bonds is 12.